The minimum absolute atomic E-state index is 0.00848. The predicted molar refractivity (Wildman–Crippen MR) is 187 cm³/mol. The number of rotatable bonds is 19. The van der Waals surface area contributed by atoms with E-state index in [9.17, 15) is 23.8 Å². The Morgan fingerprint density at radius 1 is 0.844 bits per heavy atom. The van der Waals surface area contributed by atoms with Gasteiger partial charge in [-0.3, -0.25) is 18.9 Å². The summed E-state index contributed by atoms with van der Waals surface area (Å²) in [5, 5.41) is 5.79. The number of hydrogen-bond acceptors (Lipinski definition) is 7. The maximum atomic E-state index is 13.3. The van der Waals surface area contributed by atoms with Crippen LogP contribution in [-0.4, -0.2) is 59.5 Å². The molecule has 45 heavy (non-hydrogen) atoms. The number of unbranched alkanes of at least 4 members (excludes halogenated alkanes) is 3. The van der Waals surface area contributed by atoms with E-state index in [1.807, 2.05) is 54.6 Å². The molecule has 0 fully saturated rings. The van der Waals surface area contributed by atoms with E-state index < -0.39 is 13.3 Å². The Morgan fingerprint density at radius 2 is 1.44 bits per heavy atom. The van der Waals surface area contributed by atoms with Crippen LogP contribution in [-0.2, 0) is 30.0 Å². The SMILES string of the molecule is CC(C)P(=O)(O)OCCCCCCNC(=O)CCSSCCC(=O)NCCC(=O)N1Cc2ccccc2C=Cc2ccccc21. The van der Waals surface area contributed by atoms with Crippen molar-refractivity contribution in [2.75, 3.05) is 36.1 Å². The van der Waals surface area contributed by atoms with Gasteiger partial charge in [-0.2, -0.15) is 0 Å². The quantitative estimate of drug-likeness (QED) is 0.0858. The first-order valence-electron chi connectivity index (χ1n) is 15.6. The van der Waals surface area contributed by atoms with Gasteiger partial charge < -0.3 is 25.0 Å². The lowest BCUT2D eigenvalue weighted by Crippen LogP contribution is -2.35. The van der Waals surface area contributed by atoms with Crippen molar-refractivity contribution in [3.8, 4) is 0 Å². The van der Waals surface area contributed by atoms with Crippen molar-refractivity contribution >= 4 is 64.7 Å². The minimum atomic E-state index is -3.49. The molecular weight excluding hydrogens is 629 g/mol. The third kappa shape index (κ3) is 13.4. The van der Waals surface area contributed by atoms with Crippen LogP contribution in [0.2, 0.25) is 0 Å². The zero-order chi connectivity index (χ0) is 32.5. The van der Waals surface area contributed by atoms with Gasteiger partial charge in [0.05, 0.1) is 24.5 Å². The highest BCUT2D eigenvalue weighted by molar-refractivity contribution is 8.76. The lowest BCUT2D eigenvalue weighted by molar-refractivity contribution is -0.122. The molecule has 2 aromatic rings. The molecule has 0 spiro atoms. The van der Waals surface area contributed by atoms with E-state index in [0.717, 1.165) is 48.1 Å². The summed E-state index contributed by atoms with van der Waals surface area (Å²) in [5.41, 5.74) is 3.61. The van der Waals surface area contributed by atoms with Crippen LogP contribution in [0, 0.1) is 0 Å². The predicted octanol–water partition coefficient (Wildman–Crippen LogP) is 6.66. The fourth-order valence-corrected chi connectivity index (χ4v) is 7.20. The van der Waals surface area contributed by atoms with Crippen molar-refractivity contribution in [2.45, 2.75) is 71.0 Å². The average Bonchev–Trinajstić information content (AvgIpc) is 3.01. The van der Waals surface area contributed by atoms with Crippen LogP contribution < -0.4 is 15.5 Å². The Bertz CT molecular complexity index is 1340. The van der Waals surface area contributed by atoms with E-state index in [1.54, 1.807) is 40.3 Å². The number of benzene rings is 2. The van der Waals surface area contributed by atoms with E-state index in [-0.39, 0.29) is 37.3 Å². The second-order valence-corrected chi connectivity index (χ2v) is 16.2. The molecule has 0 aliphatic carbocycles. The number of carbonyl (C=O) groups is 3. The van der Waals surface area contributed by atoms with Crippen LogP contribution in [0.4, 0.5) is 5.69 Å². The normalized spacial score (nSPS) is 13.7. The van der Waals surface area contributed by atoms with Gasteiger partial charge in [0, 0.05) is 43.9 Å². The van der Waals surface area contributed by atoms with Gasteiger partial charge in [-0.05, 0) is 35.6 Å². The summed E-state index contributed by atoms with van der Waals surface area (Å²) in [5.74, 6) is 1.17. The van der Waals surface area contributed by atoms with Gasteiger partial charge in [-0.15, -0.1) is 0 Å². The van der Waals surface area contributed by atoms with Crippen LogP contribution in [0.15, 0.2) is 48.5 Å². The van der Waals surface area contributed by atoms with Gasteiger partial charge in [-0.25, -0.2) is 0 Å². The second kappa shape index (κ2) is 19.8. The molecule has 3 rings (SSSR count). The maximum absolute atomic E-state index is 13.3. The third-order valence-corrected chi connectivity index (χ3v) is 11.5. The lowest BCUT2D eigenvalue weighted by atomic mass is 10.0. The van der Waals surface area contributed by atoms with Crippen LogP contribution in [0.1, 0.15) is 75.5 Å². The smallest absolute Gasteiger partial charge is 0.330 e. The van der Waals surface area contributed by atoms with Gasteiger partial charge in [0.1, 0.15) is 0 Å². The largest absolute Gasteiger partial charge is 0.356 e. The molecule has 1 aliphatic heterocycles. The van der Waals surface area contributed by atoms with E-state index in [1.165, 1.54) is 0 Å². The van der Waals surface area contributed by atoms with E-state index >= 15 is 0 Å². The fourth-order valence-electron chi connectivity index (χ4n) is 4.53. The summed E-state index contributed by atoms with van der Waals surface area (Å²) < 4.78 is 16.8. The Morgan fingerprint density at radius 3 is 2.16 bits per heavy atom. The van der Waals surface area contributed by atoms with Crippen LogP contribution in [0.3, 0.4) is 0 Å². The molecular formula is C33H46N3O6PS2. The van der Waals surface area contributed by atoms with Gasteiger partial charge in [0.15, 0.2) is 0 Å². The monoisotopic (exact) mass is 675 g/mol. The van der Waals surface area contributed by atoms with E-state index in [4.69, 9.17) is 4.52 Å². The summed E-state index contributed by atoms with van der Waals surface area (Å²) in [7, 11) is -0.352. The first-order chi connectivity index (χ1) is 21.7. The van der Waals surface area contributed by atoms with Crippen LogP contribution >= 0.6 is 29.2 Å². The van der Waals surface area contributed by atoms with Crippen molar-refractivity contribution in [1.82, 2.24) is 10.6 Å². The summed E-state index contributed by atoms with van der Waals surface area (Å²) >= 11 is 0. The zero-order valence-corrected chi connectivity index (χ0v) is 28.8. The highest BCUT2D eigenvalue weighted by Crippen LogP contribution is 2.47. The summed E-state index contributed by atoms with van der Waals surface area (Å²) in [6, 6.07) is 15.9. The van der Waals surface area contributed by atoms with Gasteiger partial charge in [0.25, 0.3) is 0 Å². The molecule has 3 N–H and O–H groups in total. The highest BCUT2D eigenvalue weighted by Gasteiger charge is 2.24. The number of para-hydroxylation sites is 1. The highest BCUT2D eigenvalue weighted by atomic mass is 33.1. The lowest BCUT2D eigenvalue weighted by Gasteiger charge is -2.27. The molecule has 2 aromatic carbocycles. The van der Waals surface area contributed by atoms with Gasteiger partial charge in [-0.1, -0.05) is 103 Å². The van der Waals surface area contributed by atoms with Crippen LogP contribution in [0.25, 0.3) is 12.2 Å². The molecule has 1 aliphatic rings. The molecule has 1 heterocycles. The van der Waals surface area contributed by atoms with Crippen molar-refractivity contribution in [3.05, 3.63) is 65.2 Å². The van der Waals surface area contributed by atoms with Gasteiger partial charge >= 0.3 is 7.60 Å². The number of nitrogens with zero attached hydrogens (tertiary/aromatic N) is 1. The second-order valence-electron chi connectivity index (χ2n) is 11.1. The standard InChI is InChI=1S/C33H46N3O6PS2/c1-26(2)43(40,41)42-22-10-4-3-9-20-34-31(37)18-23-44-45-24-19-32(38)35-21-17-33(39)36-25-29-13-6-5-11-27(29)15-16-28-12-7-8-14-30(28)36/h5-8,11-16,26H,3-4,9-10,17-25H2,1-2H3,(H,34,37)(H,35,38)(H,40,41). The van der Waals surface area contributed by atoms with E-state index in [0.29, 0.717) is 37.4 Å². The Hall–Kier alpha value is -2.56. The topological polar surface area (TPSA) is 125 Å². The number of fused-ring (bicyclic) bond motifs is 2. The van der Waals surface area contributed by atoms with Crippen molar-refractivity contribution in [2.24, 2.45) is 0 Å². The summed E-state index contributed by atoms with van der Waals surface area (Å²) in [6.07, 6.45) is 8.46. The fraction of sp³-hybridized carbons (Fsp3) is 0.485. The zero-order valence-electron chi connectivity index (χ0n) is 26.2. The number of anilines is 1. The number of amides is 3. The maximum Gasteiger partial charge on any atom is 0.330 e. The Balaban J connectivity index is 1.22. The first-order valence-corrected chi connectivity index (χ1v) is 19.7. The Kier molecular flexibility index (Phi) is 16.3. The van der Waals surface area contributed by atoms with Crippen molar-refractivity contribution in [3.63, 3.8) is 0 Å². The molecule has 1 atom stereocenters. The molecule has 9 nitrogen and oxygen atoms in total. The first kappa shape index (κ1) is 36.9. The molecule has 246 valence electrons. The van der Waals surface area contributed by atoms with Crippen molar-refractivity contribution in [1.29, 1.82) is 0 Å². The molecule has 12 heteroatoms. The summed E-state index contributed by atoms with van der Waals surface area (Å²) in [4.78, 5) is 49.1. The molecule has 0 saturated carbocycles. The van der Waals surface area contributed by atoms with E-state index in [2.05, 4.69) is 16.7 Å². The molecule has 0 radical (unpaired) electrons. The van der Waals surface area contributed by atoms with Crippen LogP contribution in [0.5, 0.6) is 0 Å². The third-order valence-electron chi connectivity index (χ3n) is 7.25. The minimum Gasteiger partial charge on any atom is -0.356 e. The molecule has 0 aromatic heterocycles. The Labute approximate surface area is 275 Å². The molecule has 3 amide bonds. The molecule has 0 saturated heterocycles. The van der Waals surface area contributed by atoms with Gasteiger partial charge in [0.2, 0.25) is 17.7 Å². The number of carbonyl (C=O) groups excluding carboxylic acids is 3. The number of nitrogens with one attached hydrogen (secondary N) is 2. The molecule has 1 unspecified atom stereocenters. The van der Waals surface area contributed by atoms with Crippen molar-refractivity contribution < 1.29 is 28.4 Å². The number of hydrogen-bond donors (Lipinski definition) is 3. The average molecular weight is 676 g/mol. The molecule has 0 bridgehead atoms. The summed E-state index contributed by atoms with van der Waals surface area (Å²) in [6.45, 7) is 4.98.